The van der Waals surface area contributed by atoms with Gasteiger partial charge in [0.15, 0.2) is 0 Å². The Morgan fingerprint density at radius 1 is 1.11 bits per heavy atom. The topological polar surface area (TPSA) is 108 Å². The predicted molar refractivity (Wildman–Crippen MR) is 158 cm³/mol. The van der Waals surface area contributed by atoms with Crippen LogP contribution in [0.3, 0.4) is 0 Å². The number of fused-ring (bicyclic) bond motifs is 1. The van der Waals surface area contributed by atoms with Gasteiger partial charge in [-0.05, 0) is 46.6 Å². The van der Waals surface area contributed by atoms with Gasteiger partial charge in [0, 0.05) is 65.9 Å². The van der Waals surface area contributed by atoms with E-state index in [1.165, 1.54) is 36.5 Å². The molecular weight excluding hydrogens is 591 g/mol. The number of likely N-dealkylation sites (tertiary alicyclic amines) is 1. The van der Waals surface area contributed by atoms with Gasteiger partial charge in [0.25, 0.3) is 0 Å². The van der Waals surface area contributed by atoms with Crippen LogP contribution in [0.15, 0.2) is 48.9 Å². The first-order valence-corrected chi connectivity index (χ1v) is 14.4. The number of hydrogen-bond acceptors (Lipinski definition) is 8. The molecule has 4 aromatic rings. The van der Waals surface area contributed by atoms with Crippen LogP contribution >= 0.6 is 0 Å². The minimum absolute atomic E-state index is 0.0547. The maximum atomic E-state index is 15.3. The number of alkyl halides is 2. The normalized spacial score (nSPS) is 17.0. The average Bonchev–Trinajstić information content (AvgIpc) is 3.29. The summed E-state index contributed by atoms with van der Waals surface area (Å²) >= 11 is 0. The van der Waals surface area contributed by atoms with Crippen molar-refractivity contribution in [1.82, 2.24) is 24.3 Å². The van der Waals surface area contributed by atoms with Crippen molar-refractivity contribution in [2.45, 2.75) is 71.1 Å². The van der Waals surface area contributed by atoms with Crippen LogP contribution in [0, 0.1) is 12.7 Å². The van der Waals surface area contributed by atoms with E-state index in [0.717, 1.165) is 0 Å². The van der Waals surface area contributed by atoms with E-state index in [9.17, 15) is 18.4 Å². The quantitative estimate of drug-likeness (QED) is 0.227. The molecule has 0 aliphatic carbocycles. The molecule has 1 saturated heterocycles. The molecule has 45 heavy (non-hydrogen) atoms. The summed E-state index contributed by atoms with van der Waals surface area (Å²) < 4.78 is 58.2. The first-order chi connectivity index (χ1) is 21.3. The van der Waals surface area contributed by atoms with Gasteiger partial charge in [0.1, 0.15) is 34.7 Å². The first kappa shape index (κ1) is 31.7. The van der Waals surface area contributed by atoms with E-state index in [0.29, 0.717) is 46.8 Å². The number of piperidine rings is 1. The van der Waals surface area contributed by atoms with Gasteiger partial charge < -0.3 is 18.6 Å². The lowest BCUT2D eigenvalue weighted by molar-refractivity contribution is -0.148. The minimum atomic E-state index is -2.97. The van der Waals surface area contributed by atoms with Crippen LogP contribution in [0.2, 0.25) is 0 Å². The summed E-state index contributed by atoms with van der Waals surface area (Å²) in [4.78, 5) is 40.2. The number of ether oxygens (including phenoxy) is 3. The number of carbonyl (C=O) groups excluding carboxylic acids is 2. The van der Waals surface area contributed by atoms with Crippen LogP contribution in [0.25, 0.3) is 16.8 Å². The van der Waals surface area contributed by atoms with Gasteiger partial charge in [0.05, 0.1) is 12.8 Å². The van der Waals surface area contributed by atoms with E-state index in [-0.39, 0.29) is 30.2 Å². The third-order valence-corrected chi connectivity index (χ3v) is 7.59. The highest BCUT2D eigenvalue weighted by Crippen LogP contribution is 2.32. The molecule has 1 amide bonds. The van der Waals surface area contributed by atoms with Crippen LogP contribution in [0.4, 0.5) is 18.0 Å². The highest BCUT2D eigenvalue weighted by molar-refractivity contribution is 5.82. The molecule has 5 rings (SSSR count). The molecule has 0 radical (unpaired) electrons. The third-order valence-electron chi connectivity index (χ3n) is 7.59. The second-order valence-corrected chi connectivity index (χ2v) is 11.8. The van der Waals surface area contributed by atoms with Crippen molar-refractivity contribution in [3.63, 3.8) is 0 Å². The lowest BCUT2D eigenvalue weighted by Crippen LogP contribution is -2.52. The van der Waals surface area contributed by atoms with Crippen LogP contribution < -0.4 is 4.74 Å². The number of pyridine rings is 1. The smallest absolute Gasteiger partial charge is 0.411 e. The summed E-state index contributed by atoms with van der Waals surface area (Å²) in [6, 6.07) is 7.01. The molecule has 1 aliphatic heterocycles. The summed E-state index contributed by atoms with van der Waals surface area (Å²) in [5.74, 6) is -0.865. The number of methoxy groups -OCH3 is 1. The molecule has 1 aromatic carbocycles. The molecule has 0 saturated carbocycles. The molecule has 0 bridgehead atoms. The molecule has 3 aromatic heterocycles. The number of para-hydroxylation sites is 1. The van der Waals surface area contributed by atoms with Crippen molar-refractivity contribution in [3.8, 4) is 16.9 Å². The lowest BCUT2D eigenvalue weighted by Gasteiger charge is -2.38. The number of hydrogen-bond donors (Lipinski definition) is 0. The predicted octanol–water partition coefficient (Wildman–Crippen LogP) is 6.09. The molecule has 2 atom stereocenters. The summed E-state index contributed by atoms with van der Waals surface area (Å²) in [6.45, 7) is 4.17. The van der Waals surface area contributed by atoms with Crippen molar-refractivity contribution in [2.75, 3.05) is 13.7 Å². The lowest BCUT2D eigenvalue weighted by atomic mass is 9.92. The molecule has 2 unspecified atom stereocenters. The highest BCUT2D eigenvalue weighted by Gasteiger charge is 2.40. The van der Waals surface area contributed by atoms with E-state index in [2.05, 4.69) is 15.0 Å². The van der Waals surface area contributed by atoms with Crippen LogP contribution in [-0.2, 0) is 20.7 Å². The number of aromatic nitrogens is 4. The van der Waals surface area contributed by atoms with Gasteiger partial charge in [-0.25, -0.2) is 28.9 Å². The Bertz CT molecular complexity index is 1700. The van der Waals surface area contributed by atoms with E-state index < -0.39 is 36.1 Å². The van der Waals surface area contributed by atoms with Gasteiger partial charge in [-0.15, -0.1) is 0 Å². The van der Waals surface area contributed by atoms with E-state index in [1.807, 2.05) is 0 Å². The fourth-order valence-corrected chi connectivity index (χ4v) is 5.47. The van der Waals surface area contributed by atoms with Gasteiger partial charge in [0.2, 0.25) is 0 Å². The largest absolute Gasteiger partial charge is 0.467 e. The number of imidazole rings is 1. The Hall–Kier alpha value is -4.68. The molecule has 1 aliphatic rings. The van der Waals surface area contributed by atoms with Gasteiger partial charge in [-0.3, -0.25) is 4.90 Å². The van der Waals surface area contributed by atoms with Gasteiger partial charge >= 0.3 is 18.7 Å². The zero-order chi connectivity index (χ0) is 32.5. The van der Waals surface area contributed by atoms with Crippen molar-refractivity contribution >= 4 is 17.7 Å². The minimum Gasteiger partial charge on any atom is -0.467 e. The molecule has 4 heterocycles. The second-order valence-electron chi connectivity index (χ2n) is 11.8. The molecule has 10 nitrogen and oxygen atoms in total. The number of aryl methyl sites for hydroxylation is 1. The Morgan fingerprint density at radius 2 is 1.82 bits per heavy atom. The number of benzene rings is 1. The number of halogens is 3. The number of rotatable bonds is 7. The fourth-order valence-electron chi connectivity index (χ4n) is 5.47. The van der Waals surface area contributed by atoms with Gasteiger partial charge in [-0.2, -0.15) is 8.78 Å². The summed E-state index contributed by atoms with van der Waals surface area (Å²) in [7, 11) is 1.27. The third kappa shape index (κ3) is 7.02. The van der Waals surface area contributed by atoms with E-state index >= 15 is 4.39 Å². The fraction of sp³-hybridized carbons (Fsp3) is 0.406. The second kappa shape index (κ2) is 12.7. The summed E-state index contributed by atoms with van der Waals surface area (Å²) in [5.41, 5.74) is 2.05. The van der Waals surface area contributed by atoms with Crippen molar-refractivity contribution in [1.29, 1.82) is 0 Å². The molecule has 0 N–H and O–H groups in total. The van der Waals surface area contributed by atoms with Crippen molar-refractivity contribution in [3.05, 3.63) is 77.5 Å². The van der Waals surface area contributed by atoms with E-state index in [1.54, 1.807) is 56.5 Å². The van der Waals surface area contributed by atoms with Gasteiger partial charge in [-0.1, -0.05) is 18.2 Å². The number of nitrogens with zero attached hydrogens (tertiary/aromatic N) is 5. The number of carbonyl (C=O) groups is 2. The van der Waals surface area contributed by atoms with E-state index in [4.69, 9.17) is 14.2 Å². The van der Waals surface area contributed by atoms with Crippen molar-refractivity contribution < 1.29 is 37.0 Å². The Morgan fingerprint density at radius 3 is 2.49 bits per heavy atom. The Kier molecular flexibility index (Phi) is 8.98. The van der Waals surface area contributed by atoms with Crippen LogP contribution in [-0.4, -0.2) is 68.2 Å². The zero-order valence-corrected chi connectivity index (χ0v) is 25.6. The van der Waals surface area contributed by atoms with Crippen LogP contribution in [0.5, 0.6) is 5.75 Å². The number of esters is 1. The monoisotopic (exact) mass is 625 g/mol. The van der Waals surface area contributed by atoms with Crippen molar-refractivity contribution in [2.24, 2.45) is 0 Å². The maximum Gasteiger partial charge on any atom is 0.411 e. The molecule has 0 spiro atoms. The standard InChI is InChI=1S/C32H34F3N5O5/c1-18-25(12-19-8-6-7-9-26(19)44-30(34)35)39-17-22(23(33)13-27(39)38-18)21-14-36-28(37-15-21)20-10-11-24(29(41)43-5)40(16-20)31(42)45-32(2,3)4/h6-9,13-15,17,20,24,30H,10-12,16H2,1-5H3. The molecule has 238 valence electrons. The Labute approximate surface area is 258 Å². The number of amides is 1. The summed E-state index contributed by atoms with van der Waals surface area (Å²) in [6.07, 6.45) is 5.04. The molecule has 13 heteroatoms. The van der Waals surface area contributed by atoms with Crippen LogP contribution in [0.1, 0.15) is 62.3 Å². The molecule has 1 fully saturated rings. The Balaban J connectivity index is 1.41. The first-order valence-electron chi connectivity index (χ1n) is 14.4. The zero-order valence-electron chi connectivity index (χ0n) is 25.6. The average molecular weight is 626 g/mol. The summed E-state index contributed by atoms with van der Waals surface area (Å²) in [5, 5.41) is 0. The molecular formula is C32H34F3N5O5. The SMILES string of the molecule is COC(=O)C1CCC(c2ncc(-c3cn4c(Cc5ccccc5OC(F)F)c(C)nc4cc3F)cn2)CN1C(=O)OC(C)(C)C. The maximum absolute atomic E-state index is 15.3. The highest BCUT2D eigenvalue weighted by atomic mass is 19.3.